The van der Waals surface area contributed by atoms with E-state index in [1.54, 1.807) is 30.3 Å². The molecule has 2 aromatic heterocycles. The van der Waals surface area contributed by atoms with Crippen molar-refractivity contribution in [2.75, 3.05) is 0 Å². The fourth-order valence-corrected chi connectivity index (χ4v) is 2.19. The number of aryl methyl sites for hydroxylation is 1. The van der Waals surface area contributed by atoms with Crippen LogP contribution in [0, 0.1) is 6.92 Å². The molecule has 2 heterocycles. The second kappa shape index (κ2) is 4.77. The first kappa shape index (κ1) is 12.3. The molecule has 0 unspecified atom stereocenters. The highest BCUT2D eigenvalue weighted by atomic mass is 16.2. The number of rotatable bonds is 2. The minimum absolute atomic E-state index is 0.167. The van der Waals surface area contributed by atoms with Gasteiger partial charge >= 0.3 is 5.69 Å². The molecule has 20 heavy (non-hydrogen) atoms. The molecule has 0 amide bonds. The summed E-state index contributed by atoms with van der Waals surface area (Å²) in [4.78, 5) is 31.4. The van der Waals surface area contributed by atoms with E-state index in [4.69, 9.17) is 0 Å². The molecule has 0 aliphatic heterocycles. The van der Waals surface area contributed by atoms with Crippen LogP contribution in [0.25, 0.3) is 10.9 Å². The van der Waals surface area contributed by atoms with Crippen LogP contribution < -0.4 is 11.2 Å². The molecule has 3 rings (SSSR count). The van der Waals surface area contributed by atoms with Crippen LogP contribution in [0.1, 0.15) is 11.4 Å². The molecule has 0 bridgehead atoms. The van der Waals surface area contributed by atoms with Gasteiger partial charge in [-0.2, -0.15) is 0 Å². The third-order valence-corrected chi connectivity index (χ3v) is 3.16. The Hall–Kier alpha value is -2.69. The van der Waals surface area contributed by atoms with Crippen molar-refractivity contribution in [3.05, 3.63) is 74.7 Å². The van der Waals surface area contributed by atoms with E-state index in [0.29, 0.717) is 16.6 Å². The van der Waals surface area contributed by atoms with Gasteiger partial charge < -0.3 is 4.98 Å². The van der Waals surface area contributed by atoms with Crippen molar-refractivity contribution in [1.29, 1.82) is 0 Å². The van der Waals surface area contributed by atoms with Crippen molar-refractivity contribution in [1.82, 2.24) is 14.5 Å². The molecule has 0 aliphatic rings. The SMILES string of the molecule is Cc1cccc(Cn2c(=O)[nH]c3ccccc3c2=O)n1. The average molecular weight is 267 g/mol. The standard InChI is InChI=1S/C15H13N3O2/c1-10-5-4-6-11(16-10)9-18-14(19)12-7-2-3-8-13(12)17-15(18)20/h2-8H,9H2,1H3,(H,17,20). The van der Waals surface area contributed by atoms with Gasteiger partial charge in [-0.3, -0.25) is 14.3 Å². The Kier molecular flexibility index (Phi) is 2.95. The summed E-state index contributed by atoms with van der Waals surface area (Å²) in [5.41, 5.74) is 1.38. The maximum absolute atomic E-state index is 12.4. The van der Waals surface area contributed by atoms with Crippen molar-refractivity contribution < 1.29 is 0 Å². The largest absolute Gasteiger partial charge is 0.329 e. The van der Waals surface area contributed by atoms with Crippen molar-refractivity contribution in [2.24, 2.45) is 0 Å². The molecule has 100 valence electrons. The lowest BCUT2D eigenvalue weighted by molar-refractivity contribution is 0.694. The van der Waals surface area contributed by atoms with E-state index >= 15 is 0 Å². The van der Waals surface area contributed by atoms with E-state index in [1.807, 2.05) is 19.1 Å². The number of hydrogen-bond acceptors (Lipinski definition) is 3. The minimum Gasteiger partial charge on any atom is -0.307 e. The lowest BCUT2D eigenvalue weighted by Gasteiger charge is -2.06. The van der Waals surface area contributed by atoms with E-state index < -0.39 is 5.69 Å². The highest BCUT2D eigenvalue weighted by Crippen LogP contribution is 2.04. The molecular formula is C15H13N3O2. The fraction of sp³-hybridized carbons (Fsp3) is 0.133. The Labute approximate surface area is 114 Å². The van der Waals surface area contributed by atoms with Crippen molar-refractivity contribution >= 4 is 10.9 Å². The number of aromatic amines is 1. The summed E-state index contributed by atoms with van der Waals surface area (Å²) >= 11 is 0. The number of fused-ring (bicyclic) bond motifs is 1. The summed E-state index contributed by atoms with van der Waals surface area (Å²) in [5.74, 6) is 0. The van der Waals surface area contributed by atoms with Gasteiger partial charge in [0.05, 0.1) is 23.1 Å². The lowest BCUT2D eigenvalue weighted by atomic mass is 10.2. The normalized spacial score (nSPS) is 10.8. The van der Waals surface area contributed by atoms with Crippen LogP contribution in [0.3, 0.4) is 0 Å². The predicted molar refractivity (Wildman–Crippen MR) is 76.9 cm³/mol. The van der Waals surface area contributed by atoms with Crippen LogP contribution in [0.5, 0.6) is 0 Å². The van der Waals surface area contributed by atoms with Crippen LogP contribution in [0.4, 0.5) is 0 Å². The average Bonchev–Trinajstić information content (AvgIpc) is 2.43. The second-order valence-electron chi connectivity index (χ2n) is 4.64. The molecule has 0 atom stereocenters. The van der Waals surface area contributed by atoms with E-state index in [-0.39, 0.29) is 12.1 Å². The van der Waals surface area contributed by atoms with Crippen molar-refractivity contribution in [3.8, 4) is 0 Å². The first-order valence-electron chi connectivity index (χ1n) is 6.29. The Balaban J connectivity index is 2.17. The number of aromatic nitrogens is 3. The highest BCUT2D eigenvalue weighted by Gasteiger charge is 2.08. The van der Waals surface area contributed by atoms with Crippen molar-refractivity contribution in [2.45, 2.75) is 13.5 Å². The van der Waals surface area contributed by atoms with Crippen LogP contribution >= 0.6 is 0 Å². The van der Waals surface area contributed by atoms with E-state index in [2.05, 4.69) is 9.97 Å². The number of pyridine rings is 1. The number of hydrogen-bond donors (Lipinski definition) is 1. The minimum atomic E-state index is -0.419. The summed E-state index contributed by atoms with van der Waals surface area (Å²) in [7, 11) is 0. The third kappa shape index (κ3) is 2.14. The monoisotopic (exact) mass is 267 g/mol. The van der Waals surface area contributed by atoms with Gasteiger partial charge in [-0.15, -0.1) is 0 Å². The van der Waals surface area contributed by atoms with Gasteiger partial charge in [-0.1, -0.05) is 18.2 Å². The second-order valence-corrected chi connectivity index (χ2v) is 4.64. The Morgan fingerprint density at radius 2 is 1.90 bits per heavy atom. The maximum Gasteiger partial charge on any atom is 0.329 e. The van der Waals surface area contributed by atoms with Gasteiger partial charge in [0.15, 0.2) is 0 Å². The maximum atomic E-state index is 12.4. The van der Waals surface area contributed by atoms with E-state index in [0.717, 1.165) is 5.69 Å². The van der Waals surface area contributed by atoms with E-state index in [1.165, 1.54) is 4.57 Å². The summed E-state index contributed by atoms with van der Waals surface area (Å²) in [6.07, 6.45) is 0. The third-order valence-electron chi connectivity index (χ3n) is 3.16. The molecule has 0 saturated carbocycles. The summed E-state index contributed by atoms with van der Waals surface area (Å²) < 4.78 is 1.17. The number of nitrogens with one attached hydrogen (secondary N) is 1. The molecule has 3 aromatic rings. The van der Waals surface area contributed by atoms with Gasteiger partial charge in [0.1, 0.15) is 0 Å². The summed E-state index contributed by atoms with van der Waals surface area (Å²) in [6, 6.07) is 12.5. The van der Waals surface area contributed by atoms with E-state index in [9.17, 15) is 9.59 Å². The van der Waals surface area contributed by atoms with Crippen LogP contribution in [-0.2, 0) is 6.54 Å². The zero-order valence-electron chi connectivity index (χ0n) is 11.0. The summed E-state index contributed by atoms with van der Waals surface area (Å²) in [6.45, 7) is 2.04. The zero-order chi connectivity index (χ0) is 14.1. The number of H-pyrrole nitrogens is 1. The van der Waals surface area contributed by atoms with Crippen LogP contribution in [-0.4, -0.2) is 14.5 Å². The molecule has 1 N–H and O–H groups in total. The van der Waals surface area contributed by atoms with Gasteiger partial charge in [-0.05, 0) is 31.2 Å². The Morgan fingerprint density at radius 1 is 1.10 bits per heavy atom. The van der Waals surface area contributed by atoms with Gasteiger partial charge in [0, 0.05) is 5.69 Å². The first-order valence-corrected chi connectivity index (χ1v) is 6.29. The Bertz CT molecular complexity index is 893. The van der Waals surface area contributed by atoms with Crippen LogP contribution in [0.15, 0.2) is 52.1 Å². The van der Waals surface area contributed by atoms with Crippen LogP contribution in [0.2, 0.25) is 0 Å². The quantitative estimate of drug-likeness (QED) is 0.764. The molecule has 0 spiro atoms. The first-order chi connectivity index (χ1) is 9.65. The number of nitrogens with zero attached hydrogens (tertiary/aromatic N) is 2. The molecule has 0 fully saturated rings. The molecule has 1 aromatic carbocycles. The fourth-order valence-electron chi connectivity index (χ4n) is 2.19. The molecule has 0 aliphatic carbocycles. The molecule has 0 saturated heterocycles. The highest BCUT2D eigenvalue weighted by molar-refractivity contribution is 5.76. The molecular weight excluding hydrogens is 254 g/mol. The van der Waals surface area contributed by atoms with Gasteiger partial charge in [0.2, 0.25) is 0 Å². The number of benzene rings is 1. The smallest absolute Gasteiger partial charge is 0.307 e. The van der Waals surface area contributed by atoms with Crippen molar-refractivity contribution in [3.63, 3.8) is 0 Å². The molecule has 5 heteroatoms. The molecule has 5 nitrogen and oxygen atoms in total. The van der Waals surface area contributed by atoms with Gasteiger partial charge in [0.25, 0.3) is 5.56 Å². The van der Waals surface area contributed by atoms with Gasteiger partial charge in [-0.25, -0.2) is 4.79 Å². The topological polar surface area (TPSA) is 67.8 Å². The lowest BCUT2D eigenvalue weighted by Crippen LogP contribution is -2.35. The Morgan fingerprint density at radius 3 is 2.70 bits per heavy atom. The zero-order valence-corrected chi connectivity index (χ0v) is 11.0. The number of para-hydroxylation sites is 1. The molecule has 0 radical (unpaired) electrons. The predicted octanol–water partition coefficient (Wildman–Crippen LogP) is 1.44. The summed E-state index contributed by atoms with van der Waals surface area (Å²) in [5, 5.41) is 0.500.